The first-order valence-electron chi connectivity index (χ1n) is 5.63. The fourth-order valence-electron chi connectivity index (χ4n) is 1.39. The van der Waals surface area contributed by atoms with Gasteiger partial charge in [0.15, 0.2) is 0 Å². The van der Waals surface area contributed by atoms with E-state index < -0.39 is 12.9 Å². The van der Waals surface area contributed by atoms with Gasteiger partial charge in [-0.1, -0.05) is 31.9 Å². The SMILES string of the molecule is NP(=O)(OCc1ccc([NH+]([O-])O)o1)N(CCBr)CCBr. The highest BCUT2D eigenvalue weighted by atomic mass is 79.9. The maximum atomic E-state index is 12.3. The summed E-state index contributed by atoms with van der Waals surface area (Å²) in [6, 6.07) is 2.75. The molecule has 1 aromatic rings. The summed E-state index contributed by atoms with van der Waals surface area (Å²) in [5.74, 6) is 0.0546. The van der Waals surface area contributed by atoms with Crippen LogP contribution in [-0.2, 0) is 15.7 Å². The number of alkyl halides is 2. The lowest BCUT2D eigenvalue weighted by Gasteiger charge is -2.26. The molecule has 20 heavy (non-hydrogen) atoms. The minimum atomic E-state index is -3.45. The third kappa shape index (κ3) is 5.55. The highest BCUT2D eigenvalue weighted by molar-refractivity contribution is 9.09. The fourth-order valence-corrected chi connectivity index (χ4v) is 4.03. The lowest BCUT2D eigenvalue weighted by molar-refractivity contribution is -0.997. The number of furan rings is 1. The second-order valence-corrected chi connectivity index (χ2v) is 7.28. The van der Waals surface area contributed by atoms with Gasteiger partial charge >= 0.3 is 13.6 Å². The van der Waals surface area contributed by atoms with Crippen LogP contribution >= 0.6 is 39.5 Å². The second-order valence-electron chi connectivity index (χ2n) is 3.74. The van der Waals surface area contributed by atoms with E-state index in [2.05, 4.69) is 31.9 Å². The van der Waals surface area contributed by atoms with Crippen LogP contribution in [0, 0.1) is 5.21 Å². The van der Waals surface area contributed by atoms with E-state index in [4.69, 9.17) is 19.7 Å². The number of nitrogens with one attached hydrogen (secondary N) is 1. The van der Waals surface area contributed by atoms with Crippen LogP contribution in [0.2, 0.25) is 0 Å². The fraction of sp³-hybridized carbons (Fsp3) is 0.556. The van der Waals surface area contributed by atoms with E-state index in [0.717, 1.165) is 0 Å². The summed E-state index contributed by atoms with van der Waals surface area (Å²) < 4.78 is 24.0. The zero-order chi connectivity index (χ0) is 15.2. The van der Waals surface area contributed by atoms with Gasteiger partial charge in [-0.25, -0.2) is 15.4 Å². The molecule has 0 radical (unpaired) electrons. The van der Waals surface area contributed by atoms with E-state index in [0.29, 0.717) is 23.7 Å². The molecule has 0 aliphatic heterocycles. The van der Waals surface area contributed by atoms with Gasteiger partial charge in [0.1, 0.15) is 12.4 Å². The number of rotatable bonds is 9. The molecule has 0 fully saturated rings. The zero-order valence-electron chi connectivity index (χ0n) is 10.5. The number of hydrogen-bond donors (Lipinski definition) is 3. The smallest absolute Gasteiger partial charge is 0.341 e. The molecule has 0 saturated heterocycles. The number of nitrogens with two attached hydrogens (primary N) is 1. The van der Waals surface area contributed by atoms with E-state index in [-0.39, 0.29) is 18.3 Å². The van der Waals surface area contributed by atoms with Gasteiger partial charge in [-0.3, -0.25) is 9.09 Å². The Morgan fingerprint density at radius 3 is 2.50 bits per heavy atom. The summed E-state index contributed by atoms with van der Waals surface area (Å²) in [5.41, 5.74) is 5.71. The van der Waals surface area contributed by atoms with E-state index >= 15 is 0 Å². The molecule has 0 aliphatic rings. The summed E-state index contributed by atoms with van der Waals surface area (Å²) in [6.07, 6.45) is 0. The summed E-state index contributed by atoms with van der Waals surface area (Å²) >= 11 is 6.51. The first-order valence-corrected chi connectivity index (χ1v) is 9.52. The van der Waals surface area contributed by atoms with E-state index in [1.54, 1.807) is 0 Å². The third-order valence-corrected chi connectivity index (χ3v) is 4.74. The van der Waals surface area contributed by atoms with E-state index in [1.807, 2.05) is 0 Å². The van der Waals surface area contributed by atoms with Crippen molar-refractivity contribution in [3.8, 4) is 0 Å². The van der Waals surface area contributed by atoms with Crippen molar-refractivity contribution in [1.82, 2.24) is 4.67 Å². The van der Waals surface area contributed by atoms with E-state index in [9.17, 15) is 9.77 Å². The second kappa shape index (κ2) is 8.62. The highest BCUT2D eigenvalue weighted by Gasteiger charge is 2.27. The molecule has 0 bridgehead atoms. The van der Waals surface area contributed by atoms with Crippen LogP contribution in [0.1, 0.15) is 5.76 Å². The third-order valence-electron chi connectivity index (χ3n) is 2.34. The first kappa shape index (κ1) is 18.3. The van der Waals surface area contributed by atoms with Crippen LogP contribution in [0.25, 0.3) is 0 Å². The first-order chi connectivity index (χ1) is 9.40. The van der Waals surface area contributed by atoms with Crippen molar-refractivity contribution in [2.24, 2.45) is 5.50 Å². The van der Waals surface area contributed by atoms with Crippen molar-refractivity contribution in [3.63, 3.8) is 0 Å². The summed E-state index contributed by atoms with van der Waals surface area (Å²) in [5, 5.41) is 19.4. The molecule has 1 rings (SSSR count). The molecule has 1 heterocycles. The Hall–Kier alpha value is 0.230. The average molecular weight is 437 g/mol. The van der Waals surface area contributed by atoms with Crippen LogP contribution in [0.3, 0.4) is 0 Å². The predicted molar refractivity (Wildman–Crippen MR) is 80.2 cm³/mol. The highest BCUT2D eigenvalue weighted by Crippen LogP contribution is 2.43. The molecular weight excluding hydrogens is 421 g/mol. The molecule has 4 N–H and O–H groups in total. The summed E-state index contributed by atoms with van der Waals surface area (Å²) in [6.45, 7) is 0.790. The maximum Gasteiger partial charge on any atom is 0.341 e. The van der Waals surface area contributed by atoms with Crippen molar-refractivity contribution >= 4 is 45.4 Å². The molecule has 0 aliphatic carbocycles. The zero-order valence-corrected chi connectivity index (χ0v) is 14.6. The molecule has 116 valence electrons. The van der Waals surface area contributed by atoms with Gasteiger partial charge in [-0.05, 0) is 6.07 Å². The van der Waals surface area contributed by atoms with E-state index in [1.165, 1.54) is 16.8 Å². The van der Waals surface area contributed by atoms with Crippen molar-refractivity contribution in [2.45, 2.75) is 6.61 Å². The monoisotopic (exact) mass is 435 g/mol. The molecule has 11 heteroatoms. The topological polar surface area (TPSA) is 116 Å². The molecule has 0 amide bonds. The average Bonchev–Trinajstić information content (AvgIpc) is 2.85. The van der Waals surface area contributed by atoms with Gasteiger partial charge in [0, 0.05) is 29.8 Å². The van der Waals surface area contributed by atoms with Crippen molar-refractivity contribution in [2.75, 3.05) is 23.7 Å². The van der Waals surface area contributed by atoms with Crippen LogP contribution in [0.15, 0.2) is 16.5 Å². The number of halogens is 2. The lowest BCUT2D eigenvalue weighted by atomic mass is 10.5. The molecular formula is C9H16Br2N3O5P. The Labute approximate surface area is 133 Å². The van der Waals surface area contributed by atoms with Gasteiger partial charge in [0.25, 0.3) is 0 Å². The van der Waals surface area contributed by atoms with Gasteiger partial charge in [0.2, 0.25) is 0 Å². The number of hydrogen-bond acceptors (Lipinski definition) is 5. The van der Waals surface area contributed by atoms with Gasteiger partial charge in [-0.2, -0.15) is 5.23 Å². The lowest BCUT2D eigenvalue weighted by Crippen LogP contribution is -2.99. The van der Waals surface area contributed by atoms with Crippen molar-refractivity contribution < 1.29 is 23.9 Å². The van der Waals surface area contributed by atoms with Gasteiger partial charge in [0.05, 0.1) is 0 Å². The van der Waals surface area contributed by atoms with Crippen LogP contribution in [-0.4, -0.2) is 33.6 Å². The maximum absolute atomic E-state index is 12.3. The van der Waals surface area contributed by atoms with Crippen LogP contribution < -0.4 is 10.7 Å². The molecule has 0 saturated carbocycles. The minimum Gasteiger partial charge on any atom is -0.592 e. The number of quaternary nitrogens is 1. The van der Waals surface area contributed by atoms with Crippen LogP contribution in [0.4, 0.5) is 5.88 Å². The Balaban J connectivity index is 2.62. The summed E-state index contributed by atoms with van der Waals surface area (Å²) in [7, 11) is -3.45. The summed E-state index contributed by atoms with van der Waals surface area (Å²) in [4.78, 5) is 0. The Morgan fingerprint density at radius 1 is 1.45 bits per heavy atom. The molecule has 0 aromatic carbocycles. The molecule has 1 aromatic heterocycles. The molecule has 2 atom stereocenters. The molecule has 2 unspecified atom stereocenters. The van der Waals surface area contributed by atoms with Crippen molar-refractivity contribution in [1.29, 1.82) is 0 Å². The van der Waals surface area contributed by atoms with Gasteiger partial charge in [-0.15, -0.1) is 0 Å². The Kier molecular flexibility index (Phi) is 7.88. The largest absolute Gasteiger partial charge is 0.592 e. The quantitative estimate of drug-likeness (QED) is 0.304. The standard InChI is InChI=1S/C9H16Br2N3O5P/c10-3-5-13(6-4-11)20(12,17)18-7-8-1-2-9(19-8)14(15)16/h1-2,14-15H,3-7H2,(H2,12,17). The predicted octanol–water partition coefficient (Wildman–Crippen LogP) is 1.36. The Morgan fingerprint density at radius 2 is 2.05 bits per heavy atom. The van der Waals surface area contributed by atoms with Crippen LogP contribution in [0.5, 0.6) is 0 Å². The Bertz CT molecular complexity index is 453. The van der Waals surface area contributed by atoms with Crippen molar-refractivity contribution in [3.05, 3.63) is 23.1 Å². The van der Waals surface area contributed by atoms with Gasteiger partial charge < -0.3 is 9.62 Å². The number of nitrogens with zero attached hydrogens (tertiary/aromatic N) is 1. The minimum absolute atomic E-state index is 0.151. The molecule has 8 nitrogen and oxygen atoms in total. The molecule has 0 spiro atoms. The normalized spacial score (nSPS) is 16.3.